The summed E-state index contributed by atoms with van der Waals surface area (Å²) in [7, 11) is 1.55. The highest BCUT2D eigenvalue weighted by molar-refractivity contribution is 9.10. The average molecular weight is 531 g/mol. The fraction of sp³-hybridized carbons (Fsp3) is 0.136. The molecular weight excluding hydrogens is 514 g/mol. The molecule has 3 N–H and O–H groups in total. The zero-order valence-corrected chi connectivity index (χ0v) is 19.5. The smallest absolute Gasteiger partial charge is 0.271 e. The number of likely N-dealkylation sites (N-methyl/N-ethyl adjacent to an activating group) is 1. The molecule has 0 spiro atoms. The fourth-order valence-corrected chi connectivity index (χ4v) is 4.14. The molecule has 0 saturated heterocycles. The maximum absolute atomic E-state index is 12.9. The first-order chi connectivity index (χ1) is 15.8. The minimum atomic E-state index is -1.07. The van der Waals surface area contributed by atoms with Crippen LogP contribution in [-0.2, 0) is 4.79 Å². The molecule has 1 atom stereocenters. The van der Waals surface area contributed by atoms with Gasteiger partial charge in [0.1, 0.15) is 11.7 Å². The average Bonchev–Trinajstić information content (AvgIpc) is 3.13. The van der Waals surface area contributed by atoms with Gasteiger partial charge in [-0.15, -0.1) is 0 Å². The van der Waals surface area contributed by atoms with Gasteiger partial charge in [0.15, 0.2) is 11.6 Å². The van der Waals surface area contributed by atoms with Crippen LogP contribution in [0.4, 0.5) is 11.5 Å². The van der Waals surface area contributed by atoms with Crippen LogP contribution in [0.15, 0.2) is 53.0 Å². The number of anilines is 2. The van der Waals surface area contributed by atoms with Crippen molar-refractivity contribution in [3.05, 3.63) is 74.8 Å². The van der Waals surface area contributed by atoms with Gasteiger partial charge in [-0.3, -0.25) is 24.3 Å². The highest BCUT2D eigenvalue weighted by Gasteiger charge is 2.34. The Morgan fingerprint density at radius 3 is 2.58 bits per heavy atom. The minimum absolute atomic E-state index is 0.0193. The number of carbonyl (C=O) groups is 4. The van der Waals surface area contributed by atoms with Crippen LogP contribution in [0.3, 0.4) is 0 Å². The summed E-state index contributed by atoms with van der Waals surface area (Å²) >= 11 is 9.29. The van der Waals surface area contributed by atoms with Crippen LogP contribution in [0, 0.1) is 0 Å². The molecule has 1 aliphatic rings. The molecule has 0 saturated carbocycles. The second-order valence-corrected chi connectivity index (χ2v) is 8.46. The lowest BCUT2D eigenvalue weighted by atomic mass is 10.0. The minimum Gasteiger partial charge on any atom is -0.338 e. The Bertz CT molecular complexity index is 1290. The molecule has 3 aromatic rings. The molecule has 1 aromatic heterocycles. The summed E-state index contributed by atoms with van der Waals surface area (Å²) < 4.78 is 0.185. The van der Waals surface area contributed by atoms with Crippen LogP contribution in [-0.4, -0.2) is 46.8 Å². The number of H-pyrrole nitrogens is 1. The van der Waals surface area contributed by atoms with E-state index in [1.54, 1.807) is 55.6 Å². The molecule has 2 aromatic carbocycles. The molecule has 168 valence electrons. The molecule has 33 heavy (non-hydrogen) atoms. The van der Waals surface area contributed by atoms with E-state index in [0.717, 1.165) is 0 Å². The second kappa shape index (κ2) is 9.16. The topological polar surface area (TPSA) is 124 Å². The third-order valence-electron chi connectivity index (χ3n) is 5.17. The number of rotatable bonds is 4. The van der Waals surface area contributed by atoms with Gasteiger partial charge in [0, 0.05) is 19.0 Å². The molecule has 0 unspecified atom stereocenters. The Labute approximate surface area is 201 Å². The number of Topliss-reactive ketones (excluding diaryl/α,β-unsaturated/α-hetero) is 1. The van der Waals surface area contributed by atoms with E-state index >= 15 is 0 Å². The zero-order chi connectivity index (χ0) is 23.7. The molecule has 0 fully saturated rings. The third-order valence-corrected chi connectivity index (χ3v) is 6.28. The number of aromatic amines is 1. The maximum Gasteiger partial charge on any atom is 0.271 e. The Morgan fingerprint density at radius 1 is 1.12 bits per heavy atom. The van der Waals surface area contributed by atoms with Crippen molar-refractivity contribution in [3.63, 3.8) is 0 Å². The fourth-order valence-electron chi connectivity index (χ4n) is 3.46. The summed E-state index contributed by atoms with van der Waals surface area (Å²) in [4.78, 5) is 52.3. The standard InChI is InChI=1S/C22H17BrClN5O4/c1-29-15-9-5-3-7-12(15)16(30)10-14(22(29)33)25-21(32)18-17(23)19(28-27-18)26-20(31)11-6-2-4-8-13(11)24/h2-9,14H,10H2,1H3,(H,25,32)(H2,26,27,28,31)/t14-/m1/s1. The van der Waals surface area contributed by atoms with Crippen LogP contribution in [0.2, 0.25) is 5.02 Å². The van der Waals surface area contributed by atoms with Crippen LogP contribution in [0.5, 0.6) is 0 Å². The first-order valence-corrected chi connectivity index (χ1v) is 11.0. The quantitative estimate of drug-likeness (QED) is 0.477. The lowest BCUT2D eigenvalue weighted by Crippen LogP contribution is -2.47. The SMILES string of the molecule is CN1C(=O)[C@H](NC(=O)c2[nH]nc(NC(=O)c3ccccc3Cl)c2Br)CC(=O)c2ccccc21. The summed E-state index contributed by atoms with van der Waals surface area (Å²) in [5.74, 6) is -1.80. The van der Waals surface area contributed by atoms with E-state index in [1.165, 1.54) is 4.90 Å². The first-order valence-electron chi connectivity index (χ1n) is 9.78. The molecule has 0 bridgehead atoms. The number of nitrogens with one attached hydrogen (secondary N) is 3. The summed E-state index contributed by atoms with van der Waals surface area (Å²) in [6.45, 7) is 0. The Morgan fingerprint density at radius 2 is 1.82 bits per heavy atom. The number of nitrogens with zero attached hydrogens (tertiary/aromatic N) is 2. The number of halogens is 2. The van der Waals surface area contributed by atoms with Crippen LogP contribution in [0.25, 0.3) is 0 Å². The van der Waals surface area contributed by atoms with Gasteiger partial charge < -0.3 is 15.5 Å². The summed E-state index contributed by atoms with van der Waals surface area (Å²) in [6.07, 6.45) is -0.187. The first kappa shape index (κ1) is 22.7. The normalized spacial score (nSPS) is 15.6. The van der Waals surface area contributed by atoms with Crippen LogP contribution < -0.4 is 15.5 Å². The van der Waals surface area contributed by atoms with Gasteiger partial charge >= 0.3 is 0 Å². The number of ketones is 1. The zero-order valence-electron chi connectivity index (χ0n) is 17.2. The molecular formula is C22H17BrClN5O4. The Hall–Kier alpha value is -3.50. The van der Waals surface area contributed by atoms with Crippen molar-refractivity contribution in [2.75, 3.05) is 17.3 Å². The van der Waals surface area contributed by atoms with Crippen molar-refractivity contribution < 1.29 is 19.2 Å². The van der Waals surface area contributed by atoms with Crippen molar-refractivity contribution in [1.82, 2.24) is 15.5 Å². The maximum atomic E-state index is 12.9. The summed E-state index contributed by atoms with van der Waals surface area (Å²) in [5.41, 5.74) is 1.12. The van der Waals surface area contributed by atoms with Crippen LogP contribution >= 0.6 is 27.5 Å². The molecule has 11 heteroatoms. The summed E-state index contributed by atoms with van der Waals surface area (Å²) in [6, 6.07) is 12.2. The third kappa shape index (κ3) is 4.39. The van der Waals surface area contributed by atoms with Crippen molar-refractivity contribution in [1.29, 1.82) is 0 Å². The lowest BCUT2D eigenvalue weighted by Gasteiger charge is -2.21. The highest BCUT2D eigenvalue weighted by atomic mass is 79.9. The number of amides is 3. The Kier molecular flexibility index (Phi) is 6.30. The van der Waals surface area contributed by atoms with E-state index in [0.29, 0.717) is 11.3 Å². The number of hydrogen-bond acceptors (Lipinski definition) is 5. The molecule has 0 radical (unpaired) electrons. The Balaban J connectivity index is 1.51. The number of fused-ring (bicyclic) bond motifs is 1. The van der Waals surface area contributed by atoms with Gasteiger partial charge in [-0.25, -0.2) is 0 Å². The molecule has 1 aliphatic heterocycles. The van der Waals surface area contributed by atoms with E-state index in [-0.39, 0.29) is 38.8 Å². The number of hydrogen-bond donors (Lipinski definition) is 3. The van der Waals surface area contributed by atoms with Gasteiger partial charge in [-0.05, 0) is 40.2 Å². The van der Waals surface area contributed by atoms with Gasteiger partial charge in [0.05, 0.1) is 20.7 Å². The van der Waals surface area contributed by atoms with Gasteiger partial charge in [0.2, 0.25) is 5.91 Å². The number of benzene rings is 2. The largest absolute Gasteiger partial charge is 0.338 e. The van der Waals surface area contributed by atoms with E-state index in [4.69, 9.17) is 11.6 Å². The van der Waals surface area contributed by atoms with E-state index in [1.807, 2.05) is 0 Å². The number of aromatic nitrogens is 2. The predicted octanol–water partition coefficient (Wildman–Crippen LogP) is 3.43. The predicted molar refractivity (Wildman–Crippen MR) is 126 cm³/mol. The van der Waals surface area contributed by atoms with E-state index in [9.17, 15) is 19.2 Å². The second-order valence-electron chi connectivity index (χ2n) is 7.26. The van der Waals surface area contributed by atoms with Crippen molar-refractivity contribution >= 4 is 62.5 Å². The lowest BCUT2D eigenvalue weighted by molar-refractivity contribution is -0.120. The molecule has 0 aliphatic carbocycles. The molecule has 4 rings (SSSR count). The van der Waals surface area contributed by atoms with Gasteiger partial charge in [-0.1, -0.05) is 35.9 Å². The summed E-state index contributed by atoms with van der Waals surface area (Å²) in [5, 5.41) is 11.9. The number of carbonyl (C=O) groups excluding carboxylic acids is 4. The molecule has 3 amide bonds. The van der Waals surface area contributed by atoms with Gasteiger partial charge in [-0.2, -0.15) is 5.10 Å². The number of para-hydroxylation sites is 1. The van der Waals surface area contributed by atoms with Crippen molar-refractivity contribution in [3.8, 4) is 0 Å². The van der Waals surface area contributed by atoms with Crippen molar-refractivity contribution in [2.45, 2.75) is 12.5 Å². The van der Waals surface area contributed by atoms with E-state index < -0.39 is 23.8 Å². The van der Waals surface area contributed by atoms with Crippen molar-refractivity contribution in [2.24, 2.45) is 0 Å². The van der Waals surface area contributed by atoms with Crippen LogP contribution in [0.1, 0.15) is 37.6 Å². The monoisotopic (exact) mass is 529 g/mol. The molecule has 2 heterocycles. The van der Waals surface area contributed by atoms with E-state index in [2.05, 4.69) is 36.8 Å². The van der Waals surface area contributed by atoms with Gasteiger partial charge in [0.25, 0.3) is 11.8 Å². The highest BCUT2D eigenvalue weighted by Crippen LogP contribution is 2.28. The molecule has 9 nitrogen and oxygen atoms in total.